The molecule has 1 aliphatic rings. The van der Waals surface area contributed by atoms with Gasteiger partial charge in [-0.15, -0.1) is 0 Å². The van der Waals surface area contributed by atoms with Gasteiger partial charge in [0.15, 0.2) is 0 Å². The van der Waals surface area contributed by atoms with Crippen LogP contribution in [0.4, 0.5) is 5.69 Å². The molecule has 1 aliphatic carbocycles. The van der Waals surface area contributed by atoms with Crippen molar-refractivity contribution in [2.24, 2.45) is 5.92 Å². The second-order valence-electron chi connectivity index (χ2n) is 4.33. The normalized spacial score (nSPS) is 15.9. The molecule has 0 radical (unpaired) electrons. The van der Waals surface area contributed by atoms with Crippen molar-refractivity contribution in [2.75, 3.05) is 19.5 Å². The Kier molecular flexibility index (Phi) is 4.11. The lowest BCUT2D eigenvalue weighted by atomic mass is 10.1. The molecule has 4 nitrogen and oxygen atoms in total. The smallest absolute Gasteiger partial charge is 0.328 e. The summed E-state index contributed by atoms with van der Waals surface area (Å²) in [5.74, 6) is 0.948. The number of halogens is 1. The van der Waals surface area contributed by atoms with Crippen LogP contribution in [-0.2, 0) is 9.53 Å². The van der Waals surface area contributed by atoms with E-state index in [1.165, 1.54) is 7.11 Å². The minimum absolute atomic E-state index is 0.204. The van der Waals surface area contributed by atoms with Crippen molar-refractivity contribution in [1.82, 2.24) is 0 Å². The zero-order valence-electron chi connectivity index (χ0n) is 10.4. The minimum Gasteiger partial charge on any atom is -0.496 e. The maximum Gasteiger partial charge on any atom is 0.328 e. The molecule has 0 aliphatic heterocycles. The van der Waals surface area contributed by atoms with Gasteiger partial charge in [0, 0.05) is 5.69 Å². The summed E-state index contributed by atoms with van der Waals surface area (Å²) in [5, 5.41) is 3.22. The van der Waals surface area contributed by atoms with Crippen molar-refractivity contribution in [1.29, 1.82) is 0 Å². The fourth-order valence-electron chi connectivity index (χ4n) is 1.86. The van der Waals surface area contributed by atoms with Crippen LogP contribution in [-0.4, -0.2) is 26.2 Å². The predicted molar refractivity (Wildman–Crippen MR) is 72.8 cm³/mol. The van der Waals surface area contributed by atoms with E-state index in [-0.39, 0.29) is 12.0 Å². The first-order chi connectivity index (χ1) is 8.65. The summed E-state index contributed by atoms with van der Waals surface area (Å²) in [6.45, 7) is 0. The molecule has 18 heavy (non-hydrogen) atoms. The van der Waals surface area contributed by atoms with Gasteiger partial charge in [-0.1, -0.05) is 0 Å². The molecule has 1 aromatic carbocycles. The van der Waals surface area contributed by atoms with Crippen molar-refractivity contribution in [3.05, 3.63) is 22.7 Å². The Morgan fingerprint density at radius 3 is 2.67 bits per heavy atom. The monoisotopic (exact) mass is 313 g/mol. The number of benzene rings is 1. The Balaban J connectivity index is 2.11. The van der Waals surface area contributed by atoms with Crippen LogP contribution in [0.2, 0.25) is 0 Å². The summed E-state index contributed by atoms with van der Waals surface area (Å²) < 4.78 is 10.8. The average molecular weight is 314 g/mol. The summed E-state index contributed by atoms with van der Waals surface area (Å²) in [6, 6.07) is 5.39. The zero-order chi connectivity index (χ0) is 13.1. The molecule has 98 valence electrons. The minimum atomic E-state index is -0.254. The first-order valence-electron chi connectivity index (χ1n) is 5.83. The van der Waals surface area contributed by atoms with E-state index in [2.05, 4.69) is 21.2 Å². The van der Waals surface area contributed by atoms with Crippen LogP contribution in [0.1, 0.15) is 12.8 Å². The maximum atomic E-state index is 11.7. The molecule has 0 bridgehead atoms. The van der Waals surface area contributed by atoms with E-state index in [0.29, 0.717) is 5.92 Å². The molecule has 0 spiro atoms. The molecule has 0 amide bonds. The zero-order valence-corrected chi connectivity index (χ0v) is 12.0. The Morgan fingerprint density at radius 1 is 1.44 bits per heavy atom. The molecule has 1 fully saturated rings. The van der Waals surface area contributed by atoms with Crippen molar-refractivity contribution >= 4 is 27.6 Å². The van der Waals surface area contributed by atoms with Gasteiger partial charge in [0.25, 0.3) is 0 Å². The number of hydrogen-bond acceptors (Lipinski definition) is 4. The summed E-state index contributed by atoms with van der Waals surface area (Å²) in [4.78, 5) is 11.7. The number of ether oxygens (including phenoxy) is 2. The quantitative estimate of drug-likeness (QED) is 0.849. The van der Waals surface area contributed by atoms with E-state index >= 15 is 0 Å². The third-order valence-corrected chi connectivity index (χ3v) is 3.64. The van der Waals surface area contributed by atoms with Crippen molar-refractivity contribution < 1.29 is 14.3 Å². The van der Waals surface area contributed by atoms with Crippen LogP contribution >= 0.6 is 15.9 Å². The number of nitrogens with one attached hydrogen (secondary N) is 1. The molecule has 1 atom stereocenters. The maximum absolute atomic E-state index is 11.7. The summed E-state index contributed by atoms with van der Waals surface area (Å²) in [7, 11) is 3.04. The number of esters is 1. The molecule has 2 rings (SSSR count). The highest BCUT2D eigenvalue weighted by atomic mass is 79.9. The van der Waals surface area contributed by atoms with Crippen molar-refractivity contribution in [2.45, 2.75) is 18.9 Å². The third-order valence-electron chi connectivity index (χ3n) is 3.02. The largest absolute Gasteiger partial charge is 0.496 e. The Hall–Kier alpha value is -1.23. The summed E-state index contributed by atoms with van der Waals surface area (Å²) in [6.07, 6.45) is 2.15. The van der Waals surface area contributed by atoms with Gasteiger partial charge in [-0.3, -0.25) is 0 Å². The second kappa shape index (κ2) is 5.61. The highest BCUT2D eigenvalue weighted by Gasteiger charge is 2.37. The van der Waals surface area contributed by atoms with E-state index in [4.69, 9.17) is 9.47 Å². The fraction of sp³-hybridized carbons (Fsp3) is 0.462. The van der Waals surface area contributed by atoms with E-state index in [1.54, 1.807) is 7.11 Å². The van der Waals surface area contributed by atoms with Crippen LogP contribution in [0.15, 0.2) is 22.7 Å². The molecule has 1 unspecified atom stereocenters. The fourth-order valence-corrected chi connectivity index (χ4v) is 2.40. The third kappa shape index (κ3) is 2.96. The highest BCUT2D eigenvalue weighted by Crippen LogP contribution is 2.36. The number of carbonyl (C=O) groups excluding carboxylic acids is 1. The van der Waals surface area contributed by atoms with E-state index in [0.717, 1.165) is 28.8 Å². The lowest BCUT2D eigenvalue weighted by Crippen LogP contribution is -2.32. The van der Waals surface area contributed by atoms with Crippen molar-refractivity contribution in [3.63, 3.8) is 0 Å². The van der Waals surface area contributed by atoms with Crippen LogP contribution in [0.5, 0.6) is 5.75 Å². The van der Waals surface area contributed by atoms with Gasteiger partial charge in [-0.05, 0) is 52.9 Å². The average Bonchev–Trinajstić information content (AvgIpc) is 3.19. The highest BCUT2D eigenvalue weighted by molar-refractivity contribution is 9.10. The first-order valence-corrected chi connectivity index (χ1v) is 6.63. The van der Waals surface area contributed by atoms with Crippen LogP contribution < -0.4 is 10.1 Å². The molecule has 5 heteroatoms. The lowest BCUT2D eigenvalue weighted by molar-refractivity contribution is -0.142. The van der Waals surface area contributed by atoms with Gasteiger partial charge < -0.3 is 14.8 Å². The Labute approximate surface area is 115 Å². The van der Waals surface area contributed by atoms with Crippen LogP contribution in [0.25, 0.3) is 0 Å². The van der Waals surface area contributed by atoms with E-state index < -0.39 is 0 Å². The van der Waals surface area contributed by atoms with Gasteiger partial charge >= 0.3 is 5.97 Å². The van der Waals surface area contributed by atoms with Gasteiger partial charge in [-0.25, -0.2) is 4.79 Å². The van der Waals surface area contributed by atoms with Gasteiger partial charge in [0.2, 0.25) is 0 Å². The summed E-state index contributed by atoms with van der Waals surface area (Å²) >= 11 is 3.42. The SMILES string of the molecule is COC(=O)C(Nc1ccc(OC)c(Br)c1)C1CC1. The molecular weight excluding hydrogens is 298 g/mol. The molecular formula is C13H16BrNO3. The Bertz CT molecular complexity index is 446. The number of carbonyl (C=O) groups is 1. The number of anilines is 1. The van der Waals surface area contributed by atoms with Gasteiger partial charge in [-0.2, -0.15) is 0 Å². The number of hydrogen-bond donors (Lipinski definition) is 1. The first kappa shape index (κ1) is 13.2. The van der Waals surface area contributed by atoms with E-state index in [9.17, 15) is 4.79 Å². The van der Waals surface area contributed by atoms with E-state index in [1.807, 2.05) is 18.2 Å². The van der Waals surface area contributed by atoms with Gasteiger partial charge in [0.05, 0.1) is 18.7 Å². The van der Waals surface area contributed by atoms with Crippen molar-refractivity contribution in [3.8, 4) is 5.75 Å². The number of methoxy groups -OCH3 is 2. The van der Waals surface area contributed by atoms with Gasteiger partial charge in [0.1, 0.15) is 11.8 Å². The predicted octanol–water partition coefficient (Wildman–Crippen LogP) is 2.82. The topological polar surface area (TPSA) is 47.6 Å². The Morgan fingerprint density at radius 2 is 2.17 bits per heavy atom. The standard InChI is InChI=1S/C13H16BrNO3/c1-17-11-6-5-9(7-10(11)14)15-12(8-3-4-8)13(16)18-2/h5-8,12,15H,3-4H2,1-2H3. The van der Waals surface area contributed by atoms with Crippen LogP contribution in [0, 0.1) is 5.92 Å². The van der Waals surface area contributed by atoms with Crippen LogP contribution in [0.3, 0.4) is 0 Å². The molecule has 0 aromatic heterocycles. The molecule has 0 heterocycles. The molecule has 1 saturated carbocycles. The summed E-state index contributed by atoms with van der Waals surface area (Å²) in [5.41, 5.74) is 0.880. The lowest BCUT2D eigenvalue weighted by Gasteiger charge is -2.17. The molecule has 0 saturated heterocycles. The number of rotatable bonds is 5. The second-order valence-corrected chi connectivity index (χ2v) is 5.19. The molecule has 1 aromatic rings. The molecule has 1 N–H and O–H groups in total.